The molecule has 1 atom stereocenters. The summed E-state index contributed by atoms with van der Waals surface area (Å²) in [6, 6.07) is 8.40. The van der Waals surface area contributed by atoms with Crippen molar-refractivity contribution in [3.05, 3.63) is 70.0 Å². The van der Waals surface area contributed by atoms with Crippen molar-refractivity contribution in [1.29, 1.82) is 0 Å². The molecule has 0 bridgehead atoms. The number of aryl methyl sites for hydroxylation is 1. The first-order chi connectivity index (χ1) is 16.1. The number of aromatic nitrogens is 4. The summed E-state index contributed by atoms with van der Waals surface area (Å²) in [5, 5.41) is 21.7. The van der Waals surface area contributed by atoms with Gasteiger partial charge in [0.25, 0.3) is 5.69 Å². The number of rotatable bonds is 4. The van der Waals surface area contributed by atoms with E-state index < -0.39 is 17.9 Å². The highest BCUT2D eigenvalue weighted by Gasteiger charge is 2.43. The van der Waals surface area contributed by atoms with Crippen molar-refractivity contribution in [2.45, 2.75) is 45.5 Å². The van der Waals surface area contributed by atoms with Crippen LogP contribution < -0.4 is 10.0 Å². The van der Waals surface area contributed by atoms with E-state index in [1.54, 1.807) is 17.0 Å². The molecule has 2 N–H and O–H groups in total. The molecule has 0 radical (unpaired) electrons. The molecule has 1 fully saturated rings. The van der Waals surface area contributed by atoms with Crippen LogP contribution in [0.5, 0.6) is 0 Å². The van der Waals surface area contributed by atoms with Crippen LogP contribution in [-0.2, 0) is 12.7 Å². The van der Waals surface area contributed by atoms with Crippen molar-refractivity contribution >= 4 is 23.3 Å². The predicted octanol–water partition coefficient (Wildman–Crippen LogP) is 4.51. The fourth-order valence-electron chi connectivity index (χ4n) is 4.07. The minimum absolute atomic E-state index is 0.0309. The molecule has 1 aliphatic heterocycles. The predicted molar refractivity (Wildman–Crippen MR) is 117 cm³/mol. The Balaban J connectivity index is 1.56. The number of urea groups is 1. The monoisotopic (exact) mass is 495 g/mol. The fraction of sp³-hybridized carbons (Fsp3) is 0.364. The maximum atomic E-state index is 13.1. The Bertz CT molecular complexity index is 1210. The molecule has 34 heavy (non-hydrogen) atoms. The number of hydrogen-bond acceptors (Lipinski definition) is 4. The third-order valence-corrected chi connectivity index (χ3v) is 6.16. The summed E-state index contributed by atoms with van der Waals surface area (Å²) in [5.74, 6) is 1.32. The number of carbonyl (C=O) groups excluding carboxylic acids is 1. The SMILES string of the molecule is Cc1nnc([C@H]2CCCN2C(=O)Nc2ccc(C(F)(F)F)[n+](O)c2C)n1Cc1ccc(Cl)cc1. The molecule has 3 heterocycles. The zero-order valence-corrected chi connectivity index (χ0v) is 19.2. The van der Waals surface area contributed by atoms with Gasteiger partial charge in [0, 0.05) is 29.3 Å². The number of benzene rings is 1. The average molecular weight is 496 g/mol. The third kappa shape index (κ3) is 4.65. The summed E-state index contributed by atoms with van der Waals surface area (Å²) in [6.07, 6.45) is -3.33. The number of likely N-dealkylation sites (tertiary alicyclic amines) is 1. The molecular weight excluding hydrogens is 473 g/mol. The first-order valence-electron chi connectivity index (χ1n) is 10.6. The van der Waals surface area contributed by atoms with E-state index in [0.29, 0.717) is 36.2 Å². The minimum Gasteiger partial charge on any atom is -0.314 e. The van der Waals surface area contributed by atoms with E-state index >= 15 is 0 Å². The third-order valence-electron chi connectivity index (χ3n) is 5.91. The Morgan fingerprint density at radius 2 is 1.91 bits per heavy atom. The maximum Gasteiger partial charge on any atom is 0.482 e. The Morgan fingerprint density at radius 1 is 1.21 bits per heavy atom. The van der Waals surface area contributed by atoms with Crippen LogP contribution in [0.4, 0.5) is 23.7 Å². The number of nitrogens with one attached hydrogen (secondary N) is 1. The lowest BCUT2D eigenvalue weighted by Crippen LogP contribution is -2.44. The molecule has 12 heteroatoms. The van der Waals surface area contributed by atoms with E-state index in [0.717, 1.165) is 24.1 Å². The van der Waals surface area contributed by atoms with Crippen LogP contribution in [0.15, 0.2) is 36.4 Å². The van der Waals surface area contributed by atoms with E-state index in [1.165, 1.54) is 6.92 Å². The number of pyridine rings is 1. The molecule has 4 rings (SSSR count). The van der Waals surface area contributed by atoms with Gasteiger partial charge in [0.15, 0.2) is 5.82 Å². The number of halogens is 4. The van der Waals surface area contributed by atoms with E-state index in [9.17, 15) is 23.2 Å². The molecule has 8 nitrogen and oxygen atoms in total. The van der Waals surface area contributed by atoms with Crippen LogP contribution in [0.3, 0.4) is 0 Å². The summed E-state index contributed by atoms with van der Waals surface area (Å²) in [5.41, 5.74) is -0.297. The van der Waals surface area contributed by atoms with Gasteiger partial charge >= 0.3 is 17.9 Å². The summed E-state index contributed by atoms with van der Waals surface area (Å²) >= 11 is 5.98. The molecule has 1 aliphatic rings. The summed E-state index contributed by atoms with van der Waals surface area (Å²) in [4.78, 5) is 14.7. The van der Waals surface area contributed by atoms with Crippen LogP contribution in [0.25, 0.3) is 0 Å². The normalized spacial score (nSPS) is 16.2. The van der Waals surface area contributed by atoms with Gasteiger partial charge in [-0.05, 0) is 43.5 Å². The molecule has 0 aliphatic carbocycles. The summed E-state index contributed by atoms with van der Waals surface area (Å²) in [6.45, 7) is 4.07. The lowest BCUT2D eigenvalue weighted by Gasteiger charge is -2.25. The quantitative estimate of drug-likeness (QED) is 0.412. The number of amides is 2. The smallest absolute Gasteiger partial charge is 0.314 e. The zero-order valence-electron chi connectivity index (χ0n) is 18.5. The van der Waals surface area contributed by atoms with Gasteiger partial charge in [-0.3, -0.25) is 5.21 Å². The Hall–Kier alpha value is -3.34. The van der Waals surface area contributed by atoms with Crippen molar-refractivity contribution in [2.75, 3.05) is 11.9 Å². The van der Waals surface area contributed by atoms with Crippen LogP contribution in [0, 0.1) is 13.8 Å². The van der Waals surface area contributed by atoms with Gasteiger partial charge in [-0.2, -0.15) is 13.2 Å². The van der Waals surface area contributed by atoms with Gasteiger partial charge in [-0.15, -0.1) is 10.2 Å². The van der Waals surface area contributed by atoms with Gasteiger partial charge in [0.05, 0.1) is 12.6 Å². The number of hydrogen-bond donors (Lipinski definition) is 2. The molecule has 0 unspecified atom stereocenters. The van der Waals surface area contributed by atoms with Crippen molar-refractivity contribution in [2.24, 2.45) is 0 Å². The second-order valence-electron chi connectivity index (χ2n) is 8.13. The Labute approximate surface area is 198 Å². The van der Waals surface area contributed by atoms with Crippen LogP contribution in [-0.4, -0.2) is 37.4 Å². The first-order valence-corrected chi connectivity index (χ1v) is 11.0. The van der Waals surface area contributed by atoms with Crippen molar-refractivity contribution in [3.8, 4) is 0 Å². The molecule has 180 valence electrons. The largest absolute Gasteiger partial charge is 0.482 e. The van der Waals surface area contributed by atoms with Crippen LogP contribution in [0.2, 0.25) is 5.02 Å². The van der Waals surface area contributed by atoms with Gasteiger partial charge < -0.3 is 14.8 Å². The Kier molecular flexibility index (Phi) is 6.39. The van der Waals surface area contributed by atoms with Crippen molar-refractivity contribution < 1.29 is 27.9 Å². The van der Waals surface area contributed by atoms with E-state index in [2.05, 4.69) is 15.5 Å². The Morgan fingerprint density at radius 3 is 2.59 bits per heavy atom. The number of alkyl halides is 3. The van der Waals surface area contributed by atoms with E-state index in [-0.39, 0.29) is 22.2 Å². The molecule has 1 saturated heterocycles. The second-order valence-corrected chi connectivity index (χ2v) is 8.56. The summed E-state index contributed by atoms with van der Waals surface area (Å²) < 4.78 is 41.0. The molecule has 2 aromatic heterocycles. The van der Waals surface area contributed by atoms with Crippen LogP contribution in [0.1, 0.15) is 47.5 Å². The summed E-state index contributed by atoms with van der Waals surface area (Å²) in [7, 11) is 0. The molecule has 0 saturated carbocycles. The van der Waals surface area contributed by atoms with E-state index in [4.69, 9.17) is 11.6 Å². The average Bonchev–Trinajstić information content (AvgIpc) is 3.39. The molecule has 0 spiro atoms. The lowest BCUT2D eigenvalue weighted by molar-refractivity contribution is -0.918. The molecule has 1 aromatic carbocycles. The molecule has 3 aromatic rings. The number of carbonyl (C=O) groups is 1. The molecule has 2 amide bonds. The topological polar surface area (TPSA) is 87.2 Å². The number of nitrogens with zero attached hydrogens (tertiary/aromatic N) is 5. The standard InChI is InChI=1S/C22H22ClF3N6O2/c1-13-17(9-10-19(32(13)34)22(24,25)26)27-21(33)30-11-3-4-18(30)20-29-28-14(2)31(20)12-15-5-7-16(23)8-6-15/h5-10,18H,3-4,11-12H2,1-2H3,(H-,27,33,34)/p+1/t18-/m1/s1. The second kappa shape index (κ2) is 9.13. The zero-order chi connectivity index (χ0) is 24.6. The van der Waals surface area contributed by atoms with E-state index in [1.807, 2.05) is 23.6 Å². The molecular formula is C22H23ClF3N6O2+. The fourth-order valence-corrected chi connectivity index (χ4v) is 4.20. The highest BCUT2D eigenvalue weighted by atomic mass is 35.5. The van der Waals surface area contributed by atoms with Crippen molar-refractivity contribution in [1.82, 2.24) is 19.7 Å². The van der Waals surface area contributed by atoms with Gasteiger partial charge in [-0.25, -0.2) is 4.79 Å². The van der Waals surface area contributed by atoms with Gasteiger partial charge in [0.2, 0.25) is 0 Å². The minimum atomic E-state index is -4.73. The number of anilines is 1. The first kappa shape index (κ1) is 23.8. The highest BCUT2D eigenvalue weighted by molar-refractivity contribution is 6.30. The highest BCUT2D eigenvalue weighted by Crippen LogP contribution is 2.33. The maximum absolute atomic E-state index is 13.1. The van der Waals surface area contributed by atoms with Crippen LogP contribution >= 0.6 is 11.6 Å². The van der Waals surface area contributed by atoms with Crippen molar-refractivity contribution in [3.63, 3.8) is 0 Å². The van der Waals surface area contributed by atoms with Gasteiger partial charge in [-0.1, -0.05) is 23.7 Å². The van der Waals surface area contributed by atoms with Gasteiger partial charge in [0.1, 0.15) is 11.5 Å². The lowest BCUT2D eigenvalue weighted by atomic mass is 10.2.